The normalized spacial score (nSPS) is 14.2. The molecule has 0 aliphatic heterocycles. The molecule has 0 radical (unpaired) electrons. The standard InChI is InChI=1S/C17H39GeO3PS/c1-7-12-18(13-8-2,14-9-3)15-17(6)16-21-22(23,19-10-4)20-11-5/h17H,7-16H2,1-6H3. The molecule has 0 aromatic rings. The van der Waals surface area contributed by atoms with Crippen molar-refractivity contribution in [1.82, 2.24) is 0 Å². The third-order valence-corrected chi connectivity index (χ3v) is 19.9. The van der Waals surface area contributed by atoms with Crippen molar-refractivity contribution in [2.24, 2.45) is 5.92 Å². The molecule has 0 aliphatic carbocycles. The molecular formula is C17H39GeO3PS. The molecule has 0 fully saturated rings. The van der Waals surface area contributed by atoms with Crippen LogP contribution in [-0.4, -0.2) is 33.1 Å². The predicted molar refractivity (Wildman–Crippen MR) is 109 cm³/mol. The molecule has 1 atom stereocenters. The van der Waals surface area contributed by atoms with Crippen molar-refractivity contribution in [3.8, 4) is 0 Å². The van der Waals surface area contributed by atoms with Gasteiger partial charge in [-0.1, -0.05) is 0 Å². The van der Waals surface area contributed by atoms with E-state index in [0.29, 0.717) is 25.7 Å². The topological polar surface area (TPSA) is 27.7 Å². The first-order valence-corrected chi connectivity index (χ1v) is 17.9. The molecule has 0 spiro atoms. The van der Waals surface area contributed by atoms with Crippen molar-refractivity contribution in [3.05, 3.63) is 0 Å². The summed E-state index contributed by atoms with van der Waals surface area (Å²) in [6.07, 6.45) is 4.01. The second-order valence-corrected chi connectivity index (χ2v) is 19.9. The van der Waals surface area contributed by atoms with Crippen molar-refractivity contribution >= 4 is 31.8 Å². The summed E-state index contributed by atoms with van der Waals surface area (Å²) >= 11 is 3.73. The molecule has 0 aliphatic rings. The van der Waals surface area contributed by atoms with Gasteiger partial charge in [0.1, 0.15) is 0 Å². The molecule has 0 saturated carbocycles. The summed E-state index contributed by atoms with van der Waals surface area (Å²) < 4.78 is 17.1. The third kappa shape index (κ3) is 9.96. The van der Waals surface area contributed by atoms with Crippen molar-refractivity contribution < 1.29 is 13.6 Å². The van der Waals surface area contributed by atoms with Crippen LogP contribution in [0.2, 0.25) is 21.0 Å². The Hall–Kier alpha value is 1.07. The van der Waals surface area contributed by atoms with Gasteiger partial charge in [0.05, 0.1) is 0 Å². The number of hydrogen-bond acceptors (Lipinski definition) is 4. The first kappa shape index (κ1) is 24.1. The Morgan fingerprint density at radius 3 is 1.61 bits per heavy atom. The molecule has 0 aromatic carbocycles. The number of rotatable bonds is 15. The van der Waals surface area contributed by atoms with E-state index in [2.05, 4.69) is 27.7 Å². The van der Waals surface area contributed by atoms with E-state index in [1.165, 1.54) is 40.3 Å². The maximum atomic E-state index is 5.96. The molecule has 140 valence electrons. The van der Waals surface area contributed by atoms with Gasteiger partial charge in [0.15, 0.2) is 0 Å². The van der Waals surface area contributed by atoms with E-state index in [1.54, 1.807) is 0 Å². The molecule has 6 heteroatoms. The average Bonchev–Trinajstić information content (AvgIpc) is 2.47. The van der Waals surface area contributed by atoms with E-state index in [9.17, 15) is 0 Å². The SMILES string of the molecule is CC[CH2][Ge]([CH2]CC)([CH2]CC)[CH2]C(C)COP(=S)(OCC)OCC. The van der Waals surface area contributed by atoms with Gasteiger partial charge in [0.2, 0.25) is 0 Å². The van der Waals surface area contributed by atoms with Gasteiger partial charge in [-0.15, -0.1) is 0 Å². The molecular weight excluding hydrogens is 388 g/mol. The second-order valence-electron chi connectivity index (χ2n) is 6.64. The minimum atomic E-state index is -2.53. The van der Waals surface area contributed by atoms with Crippen LogP contribution in [0.4, 0.5) is 0 Å². The molecule has 23 heavy (non-hydrogen) atoms. The Morgan fingerprint density at radius 1 is 0.826 bits per heavy atom. The van der Waals surface area contributed by atoms with Gasteiger partial charge in [-0.3, -0.25) is 0 Å². The quantitative estimate of drug-likeness (QED) is 0.217. The van der Waals surface area contributed by atoms with Crippen molar-refractivity contribution in [3.63, 3.8) is 0 Å². The summed E-state index contributed by atoms with van der Waals surface area (Å²) in [6.45, 7) is 12.5. The molecule has 0 amide bonds. The van der Waals surface area contributed by atoms with Crippen molar-refractivity contribution in [2.75, 3.05) is 19.8 Å². The van der Waals surface area contributed by atoms with Gasteiger partial charge >= 0.3 is 153 Å². The molecule has 3 nitrogen and oxygen atoms in total. The first-order valence-electron chi connectivity index (χ1n) is 9.44. The van der Waals surface area contributed by atoms with Crippen LogP contribution in [0.1, 0.15) is 60.8 Å². The summed E-state index contributed by atoms with van der Waals surface area (Å²) in [5.41, 5.74) is 0. The molecule has 0 N–H and O–H groups in total. The van der Waals surface area contributed by atoms with Crippen LogP contribution in [0.5, 0.6) is 0 Å². The minimum absolute atomic E-state index is 0.551. The summed E-state index contributed by atoms with van der Waals surface area (Å²) in [7, 11) is 0. The molecule has 0 rings (SSSR count). The summed E-state index contributed by atoms with van der Waals surface area (Å²) in [4.78, 5) is 0. The van der Waals surface area contributed by atoms with Crippen molar-refractivity contribution in [1.29, 1.82) is 0 Å². The van der Waals surface area contributed by atoms with E-state index in [1.807, 2.05) is 13.8 Å². The Bertz CT molecular complexity index is 315. The molecule has 1 unspecified atom stereocenters. The first-order chi connectivity index (χ1) is 10.9. The fraction of sp³-hybridized carbons (Fsp3) is 1.00. The van der Waals surface area contributed by atoms with E-state index in [-0.39, 0.29) is 0 Å². The molecule has 0 heterocycles. The fourth-order valence-corrected chi connectivity index (χ4v) is 18.7. The average molecular weight is 427 g/mol. The van der Waals surface area contributed by atoms with Crippen LogP contribution in [0, 0.1) is 5.92 Å². The zero-order valence-electron chi connectivity index (χ0n) is 16.2. The predicted octanol–water partition coefficient (Wildman–Crippen LogP) is 6.62. The van der Waals surface area contributed by atoms with E-state index < -0.39 is 20.0 Å². The van der Waals surface area contributed by atoms with Gasteiger partial charge in [-0.25, -0.2) is 0 Å². The summed E-state index contributed by atoms with van der Waals surface area (Å²) in [5.74, 6) is 0.558. The molecule has 0 bridgehead atoms. The van der Waals surface area contributed by atoms with Crippen LogP contribution < -0.4 is 0 Å². The van der Waals surface area contributed by atoms with Crippen LogP contribution in [0.3, 0.4) is 0 Å². The molecule has 0 saturated heterocycles. The van der Waals surface area contributed by atoms with Crippen LogP contribution in [0.15, 0.2) is 0 Å². The van der Waals surface area contributed by atoms with Gasteiger partial charge < -0.3 is 0 Å². The van der Waals surface area contributed by atoms with Gasteiger partial charge in [-0.05, 0) is 0 Å². The Balaban J connectivity index is 4.72. The van der Waals surface area contributed by atoms with Crippen LogP contribution in [-0.2, 0) is 25.4 Å². The third-order valence-electron chi connectivity index (χ3n) is 4.21. The maximum absolute atomic E-state index is 5.96. The van der Waals surface area contributed by atoms with Gasteiger partial charge in [0.25, 0.3) is 0 Å². The van der Waals surface area contributed by atoms with E-state index in [4.69, 9.17) is 25.4 Å². The van der Waals surface area contributed by atoms with E-state index in [0.717, 1.165) is 0 Å². The summed E-state index contributed by atoms with van der Waals surface area (Å²) in [5, 5.41) is 5.88. The zero-order valence-corrected chi connectivity index (χ0v) is 20.0. The Kier molecular flexibility index (Phi) is 13.9. The summed E-state index contributed by atoms with van der Waals surface area (Å²) in [6, 6.07) is 0. The Labute approximate surface area is 152 Å². The number of hydrogen-bond donors (Lipinski definition) is 0. The van der Waals surface area contributed by atoms with Gasteiger partial charge in [-0.2, -0.15) is 0 Å². The van der Waals surface area contributed by atoms with Crippen molar-refractivity contribution in [2.45, 2.75) is 81.8 Å². The van der Waals surface area contributed by atoms with Crippen LogP contribution >= 0.6 is 6.72 Å². The van der Waals surface area contributed by atoms with Gasteiger partial charge in [0, 0.05) is 0 Å². The monoisotopic (exact) mass is 428 g/mol. The second kappa shape index (κ2) is 13.3. The molecule has 0 aromatic heterocycles. The Morgan fingerprint density at radius 2 is 1.26 bits per heavy atom. The zero-order chi connectivity index (χ0) is 17.8. The van der Waals surface area contributed by atoms with E-state index >= 15 is 0 Å². The van der Waals surface area contributed by atoms with Crippen LogP contribution in [0.25, 0.3) is 0 Å². The fourth-order valence-electron chi connectivity index (χ4n) is 3.72.